The van der Waals surface area contributed by atoms with Gasteiger partial charge in [-0.15, -0.1) is 0 Å². The van der Waals surface area contributed by atoms with Gasteiger partial charge in [0.1, 0.15) is 0 Å². The van der Waals surface area contributed by atoms with E-state index in [1.807, 2.05) is 61.7 Å². The SMILES string of the molecule is Cc1nn(-c2ccccc2)cc1-c1noc(C(=O)NCCCc2ccccc2)n1. The van der Waals surface area contributed by atoms with Gasteiger partial charge in [0.2, 0.25) is 5.82 Å². The first kappa shape index (κ1) is 18.6. The summed E-state index contributed by atoms with van der Waals surface area (Å²) in [5.74, 6) is -0.0735. The lowest BCUT2D eigenvalue weighted by molar-refractivity contribution is 0.0909. The summed E-state index contributed by atoms with van der Waals surface area (Å²) in [7, 11) is 0. The highest BCUT2D eigenvalue weighted by Crippen LogP contribution is 2.21. The van der Waals surface area contributed by atoms with E-state index in [9.17, 15) is 4.79 Å². The Labute approximate surface area is 168 Å². The maximum atomic E-state index is 12.3. The van der Waals surface area contributed by atoms with Crippen molar-refractivity contribution in [3.8, 4) is 17.1 Å². The molecular weight excluding hydrogens is 366 g/mol. The predicted octanol–water partition coefficient (Wildman–Crippen LogP) is 3.59. The van der Waals surface area contributed by atoms with Crippen LogP contribution in [0.15, 0.2) is 71.4 Å². The first-order valence-corrected chi connectivity index (χ1v) is 9.48. The van der Waals surface area contributed by atoms with Crippen LogP contribution in [0.2, 0.25) is 0 Å². The van der Waals surface area contributed by atoms with Crippen molar-refractivity contribution in [2.24, 2.45) is 0 Å². The number of nitrogens with zero attached hydrogens (tertiary/aromatic N) is 4. The quantitative estimate of drug-likeness (QED) is 0.490. The van der Waals surface area contributed by atoms with Crippen molar-refractivity contribution >= 4 is 5.91 Å². The number of amides is 1. The van der Waals surface area contributed by atoms with Crippen LogP contribution in [0.4, 0.5) is 0 Å². The van der Waals surface area contributed by atoms with E-state index in [1.54, 1.807) is 4.68 Å². The van der Waals surface area contributed by atoms with Gasteiger partial charge in [-0.3, -0.25) is 4.79 Å². The van der Waals surface area contributed by atoms with Crippen molar-refractivity contribution in [2.75, 3.05) is 6.54 Å². The normalized spacial score (nSPS) is 10.8. The molecule has 0 aliphatic carbocycles. The minimum Gasteiger partial charge on any atom is -0.348 e. The van der Waals surface area contributed by atoms with Gasteiger partial charge in [0.05, 0.1) is 16.9 Å². The van der Waals surface area contributed by atoms with Gasteiger partial charge in [-0.2, -0.15) is 10.1 Å². The molecule has 1 N–H and O–H groups in total. The second kappa shape index (κ2) is 8.52. The molecule has 0 aliphatic rings. The molecule has 0 aliphatic heterocycles. The van der Waals surface area contributed by atoms with Crippen LogP contribution in [0.1, 0.15) is 28.4 Å². The highest BCUT2D eigenvalue weighted by molar-refractivity contribution is 5.89. The summed E-state index contributed by atoms with van der Waals surface area (Å²) in [6.07, 6.45) is 3.56. The molecular formula is C22H21N5O2. The maximum absolute atomic E-state index is 12.3. The number of aryl methyl sites for hydroxylation is 2. The molecule has 7 heteroatoms. The van der Waals surface area contributed by atoms with Crippen molar-refractivity contribution in [2.45, 2.75) is 19.8 Å². The van der Waals surface area contributed by atoms with Crippen molar-refractivity contribution in [3.05, 3.63) is 84.0 Å². The van der Waals surface area contributed by atoms with Crippen LogP contribution in [0, 0.1) is 6.92 Å². The number of hydrogen-bond donors (Lipinski definition) is 1. The fraction of sp³-hybridized carbons (Fsp3) is 0.182. The third-order valence-electron chi connectivity index (χ3n) is 4.55. The number of para-hydroxylation sites is 1. The molecule has 0 fully saturated rings. The standard InChI is InChI=1S/C22H21N5O2/c1-16-19(15-27(25-16)18-12-6-3-7-13-18)20-24-22(29-26-20)21(28)23-14-8-11-17-9-4-2-5-10-17/h2-7,9-10,12-13,15H,8,11,14H2,1H3,(H,23,28). The Morgan fingerprint density at radius 1 is 1.07 bits per heavy atom. The number of benzene rings is 2. The number of carbonyl (C=O) groups is 1. The highest BCUT2D eigenvalue weighted by Gasteiger charge is 2.19. The number of nitrogens with one attached hydrogen (secondary N) is 1. The molecule has 2 aromatic heterocycles. The fourth-order valence-electron chi connectivity index (χ4n) is 3.03. The van der Waals surface area contributed by atoms with Gasteiger partial charge in [-0.1, -0.05) is 53.7 Å². The molecule has 4 aromatic rings. The van der Waals surface area contributed by atoms with Gasteiger partial charge in [-0.25, -0.2) is 4.68 Å². The van der Waals surface area contributed by atoms with Crippen LogP contribution in [-0.2, 0) is 6.42 Å². The number of carbonyl (C=O) groups excluding carboxylic acids is 1. The largest absolute Gasteiger partial charge is 0.348 e. The fourth-order valence-corrected chi connectivity index (χ4v) is 3.03. The van der Waals surface area contributed by atoms with Gasteiger partial charge in [0.15, 0.2) is 0 Å². The van der Waals surface area contributed by atoms with Crippen LogP contribution >= 0.6 is 0 Å². The second-order valence-electron chi connectivity index (χ2n) is 6.68. The van der Waals surface area contributed by atoms with E-state index in [1.165, 1.54) is 5.56 Å². The summed E-state index contributed by atoms with van der Waals surface area (Å²) in [6.45, 7) is 2.41. The molecule has 2 heterocycles. The maximum Gasteiger partial charge on any atom is 0.316 e. The summed E-state index contributed by atoms with van der Waals surface area (Å²) in [5, 5.41) is 11.3. The molecule has 0 bridgehead atoms. The lowest BCUT2D eigenvalue weighted by Gasteiger charge is -2.02. The van der Waals surface area contributed by atoms with E-state index in [2.05, 4.69) is 32.7 Å². The Morgan fingerprint density at radius 2 is 1.79 bits per heavy atom. The van der Waals surface area contributed by atoms with Crippen molar-refractivity contribution < 1.29 is 9.32 Å². The van der Waals surface area contributed by atoms with E-state index >= 15 is 0 Å². The monoisotopic (exact) mass is 387 g/mol. The van der Waals surface area contributed by atoms with Crippen LogP contribution in [0.3, 0.4) is 0 Å². The minimum atomic E-state index is -0.370. The second-order valence-corrected chi connectivity index (χ2v) is 6.68. The summed E-state index contributed by atoms with van der Waals surface area (Å²) < 4.78 is 6.91. The predicted molar refractivity (Wildman–Crippen MR) is 109 cm³/mol. The molecule has 4 rings (SSSR count). The zero-order chi connectivity index (χ0) is 20.1. The van der Waals surface area contributed by atoms with Crippen LogP contribution < -0.4 is 5.32 Å². The number of aromatic nitrogens is 4. The Morgan fingerprint density at radius 3 is 2.55 bits per heavy atom. The van der Waals surface area contributed by atoms with Gasteiger partial charge >= 0.3 is 11.8 Å². The van der Waals surface area contributed by atoms with E-state index in [4.69, 9.17) is 4.52 Å². The smallest absolute Gasteiger partial charge is 0.316 e. The first-order valence-electron chi connectivity index (χ1n) is 9.48. The van der Waals surface area contributed by atoms with E-state index in [0.717, 1.165) is 29.8 Å². The molecule has 0 saturated heterocycles. The Bertz CT molecular complexity index is 1090. The molecule has 29 heavy (non-hydrogen) atoms. The summed E-state index contributed by atoms with van der Waals surface area (Å²) in [6, 6.07) is 19.9. The minimum absolute atomic E-state index is 0.0495. The van der Waals surface area contributed by atoms with Crippen molar-refractivity contribution in [1.82, 2.24) is 25.2 Å². The average molecular weight is 387 g/mol. The lowest BCUT2D eigenvalue weighted by Crippen LogP contribution is -2.25. The van der Waals surface area contributed by atoms with E-state index in [-0.39, 0.29) is 11.8 Å². The van der Waals surface area contributed by atoms with E-state index < -0.39 is 0 Å². The topological polar surface area (TPSA) is 85.8 Å². The highest BCUT2D eigenvalue weighted by atomic mass is 16.5. The Balaban J connectivity index is 1.38. The van der Waals surface area contributed by atoms with Crippen molar-refractivity contribution in [1.29, 1.82) is 0 Å². The molecule has 0 radical (unpaired) electrons. The summed E-state index contributed by atoms with van der Waals surface area (Å²) in [4.78, 5) is 16.5. The Kier molecular flexibility index (Phi) is 5.47. The third-order valence-corrected chi connectivity index (χ3v) is 4.55. The molecule has 0 spiro atoms. The van der Waals surface area contributed by atoms with Crippen LogP contribution in [-0.4, -0.2) is 32.4 Å². The molecule has 0 atom stereocenters. The zero-order valence-electron chi connectivity index (χ0n) is 16.1. The van der Waals surface area contributed by atoms with Crippen LogP contribution in [0.5, 0.6) is 0 Å². The average Bonchev–Trinajstić information content (AvgIpc) is 3.39. The van der Waals surface area contributed by atoms with Gasteiger partial charge < -0.3 is 9.84 Å². The van der Waals surface area contributed by atoms with Gasteiger partial charge in [-0.05, 0) is 37.5 Å². The van der Waals surface area contributed by atoms with Gasteiger partial charge in [0.25, 0.3) is 0 Å². The zero-order valence-corrected chi connectivity index (χ0v) is 16.1. The van der Waals surface area contributed by atoms with Gasteiger partial charge in [0, 0.05) is 12.7 Å². The molecule has 0 unspecified atom stereocenters. The molecule has 146 valence electrons. The first-order chi connectivity index (χ1) is 14.2. The van der Waals surface area contributed by atoms with Crippen molar-refractivity contribution in [3.63, 3.8) is 0 Å². The lowest BCUT2D eigenvalue weighted by atomic mass is 10.1. The molecule has 2 aromatic carbocycles. The summed E-state index contributed by atoms with van der Waals surface area (Å²) in [5.41, 5.74) is 3.65. The molecule has 7 nitrogen and oxygen atoms in total. The molecule has 1 amide bonds. The van der Waals surface area contributed by atoms with Crippen LogP contribution in [0.25, 0.3) is 17.1 Å². The number of hydrogen-bond acceptors (Lipinski definition) is 5. The van der Waals surface area contributed by atoms with E-state index in [0.29, 0.717) is 12.4 Å². The Hall–Kier alpha value is -3.74. The molecule has 0 saturated carbocycles. The number of rotatable bonds is 7. The summed E-state index contributed by atoms with van der Waals surface area (Å²) >= 11 is 0. The third kappa shape index (κ3) is 4.40.